The summed E-state index contributed by atoms with van der Waals surface area (Å²) < 4.78 is 0. The van der Waals surface area contributed by atoms with Crippen LogP contribution < -0.4 is 4.90 Å². The number of aromatic nitrogens is 1. The van der Waals surface area contributed by atoms with Crippen molar-refractivity contribution in [1.82, 2.24) is 4.98 Å². The Labute approximate surface area is 116 Å². The second kappa shape index (κ2) is 5.44. The molecule has 108 valence electrons. The molecule has 2 atom stereocenters. The van der Waals surface area contributed by atoms with Gasteiger partial charge in [-0.1, -0.05) is 13.8 Å². The molecule has 1 fully saturated rings. The van der Waals surface area contributed by atoms with E-state index in [-0.39, 0.29) is 5.56 Å². The van der Waals surface area contributed by atoms with E-state index in [1.807, 2.05) is 4.90 Å². The molecule has 1 N–H and O–H groups in total. The summed E-state index contributed by atoms with van der Waals surface area (Å²) in [5.74, 6) is 0.165. The first-order chi connectivity index (χ1) is 9.38. The fourth-order valence-electron chi connectivity index (χ4n) is 2.78. The molecule has 0 amide bonds. The van der Waals surface area contributed by atoms with Crippen molar-refractivity contribution < 1.29 is 14.8 Å². The normalized spacial score (nSPS) is 22.6. The lowest BCUT2D eigenvalue weighted by Gasteiger charge is -2.35. The van der Waals surface area contributed by atoms with Crippen molar-refractivity contribution in [2.24, 2.45) is 11.8 Å². The molecule has 7 nitrogen and oxygen atoms in total. The van der Waals surface area contributed by atoms with Crippen LogP contribution in [0.3, 0.4) is 0 Å². The van der Waals surface area contributed by atoms with Crippen LogP contribution >= 0.6 is 0 Å². The molecule has 0 aromatic carbocycles. The molecule has 1 aliphatic rings. The van der Waals surface area contributed by atoms with Crippen molar-refractivity contribution in [2.45, 2.75) is 20.3 Å². The van der Waals surface area contributed by atoms with Crippen LogP contribution in [0.1, 0.15) is 30.6 Å². The highest BCUT2D eigenvalue weighted by molar-refractivity contribution is 5.93. The third-order valence-corrected chi connectivity index (χ3v) is 3.49. The summed E-state index contributed by atoms with van der Waals surface area (Å²) in [5, 5.41) is 19.9. The molecule has 1 saturated heterocycles. The summed E-state index contributed by atoms with van der Waals surface area (Å²) in [4.78, 5) is 27.3. The molecule has 2 heterocycles. The van der Waals surface area contributed by atoms with Gasteiger partial charge in [0.05, 0.1) is 4.92 Å². The third-order valence-electron chi connectivity index (χ3n) is 3.49. The Morgan fingerprint density at radius 1 is 1.45 bits per heavy atom. The highest BCUT2D eigenvalue weighted by Crippen LogP contribution is 2.28. The van der Waals surface area contributed by atoms with Crippen LogP contribution in [-0.4, -0.2) is 34.1 Å². The second-order valence-corrected chi connectivity index (χ2v) is 5.47. The number of aromatic carboxylic acids is 1. The first-order valence-corrected chi connectivity index (χ1v) is 6.51. The van der Waals surface area contributed by atoms with Gasteiger partial charge in [-0.05, 0) is 18.3 Å². The largest absolute Gasteiger partial charge is 0.477 e. The minimum atomic E-state index is -1.31. The standard InChI is InChI=1S/C13H17N3O4/c1-8-3-9(2)7-15(6-8)12-4-10(13(17)18)11(5-14-12)16(19)20/h4-5,8-9H,3,6-7H2,1-2H3,(H,17,18). The zero-order chi connectivity index (χ0) is 14.9. The molecule has 0 bridgehead atoms. The molecule has 2 rings (SSSR count). The molecule has 7 heteroatoms. The molecule has 1 aromatic heterocycles. The minimum absolute atomic E-state index is 0.314. The number of piperidine rings is 1. The van der Waals surface area contributed by atoms with Crippen LogP contribution in [0.5, 0.6) is 0 Å². The Bertz CT molecular complexity index is 536. The third kappa shape index (κ3) is 2.87. The van der Waals surface area contributed by atoms with Crippen LogP contribution in [0.25, 0.3) is 0 Å². The summed E-state index contributed by atoms with van der Waals surface area (Å²) in [5.41, 5.74) is -0.787. The van der Waals surface area contributed by atoms with E-state index in [9.17, 15) is 14.9 Å². The molecule has 20 heavy (non-hydrogen) atoms. The van der Waals surface area contributed by atoms with Gasteiger partial charge in [0.2, 0.25) is 0 Å². The lowest BCUT2D eigenvalue weighted by Crippen LogP contribution is -2.39. The van der Waals surface area contributed by atoms with E-state index in [1.54, 1.807) is 0 Å². The average Bonchev–Trinajstić information content (AvgIpc) is 2.36. The number of carbonyl (C=O) groups is 1. The van der Waals surface area contributed by atoms with Gasteiger partial charge in [-0.15, -0.1) is 0 Å². The molecule has 1 aliphatic heterocycles. The topological polar surface area (TPSA) is 96.6 Å². The van der Waals surface area contributed by atoms with Gasteiger partial charge < -0.3 is 10.0 Å². The predicted molar refractivity (Wildman–Crippen MR) is 73.0 cm³/mol. The number of hydrogen-bond donors (Lipinski definition) is 1. The first-order valence-electron chi connectivity index (χ1n) is 6.51. The Morgan fingerprint density at radius 3 is 2.55 bits per heavy atom. The number of nitrogens with zero attached hydrogens (tertiary/aromatic N) is 3. The summed E-state index contributed by atoms with van der Waals surface area (Å²) in [7, 11) is 0. The van der Waals surface area contributed by atoms with Crippen molar-refractivity contribution in [3.05, 3.63) is 27.9 Å². The van der Waals surface area contributed by atoms with Gasteiger partial charge >= 0.3 is 11.7 Å². The summed E-state index contributed by atoms with van der Waals surface area (Å²) >= 11 is 0. The molecule has 1 aromatic rings. The van der Waals surface area contributed by atoms with E-state index >= 15 is 0 Å². The number of pyridine rings is 1. The van der Waals surface area contributed by atoms with Crippen LogP contribution in [0.4, 0.5) is 11.5 Å². The molecular weight excluding hydrogens is 262 g/mol. The SMILES string of the molecule is CC1CC(C)CN(c2cc(C(=O)O)c([N+](=O)[O-])cn2)C1. The van der Waals surface area contributed by atoms with Crippen molar-refractivity contribution in [1.29, 1.82) is 0 Å². The van der Waals surface area contributed by atoms with Crippen molar-refractivity contribution in [3.63, 3.8) is 0 Å². The summed E-state index contributed by atoms with van der Waals surface area (Å²) in [6.45, 7) is 5.83. The fraction of sp³-hybridized carbons (Fsp3) is 0.538. The summed E-state index contributed by atoms with van der Waals surface area (Å²) in [6.07, 6.45) is 2.15. The lowest BCUT2D eigenvalue weighted by molar-refractivity contribution is -0.385. The monoisotopic (exact) mass is 279 g/mol. The Morgan fingerprint density at radius 2 is 2.05 bits per heavy atom. The molecule has 2 unspecified atom stereocenters. The molecule has 0 radical (unpaired) electrons. The van der Waals surface area contributed by atoms with E-state index in [0.717, 1.165) is 25.7 Å². The number of anilines is 1. The number of carboxylic acid groups (broad SMARTS) is 1. The fourth-order valence-corrected chi connectivity index (χ4v) is 2.78. The van der Waals surface area contributed by atoms with Crippen LogP contribution in [-0.2, 0) is 0 Å². The number of rotatable bonds is 3. The zero-order valence-corrected chi connectivity index (χ0v) is 11.4. The van der Waals surface area contributed by atoms with Crippen LogP contribution in [0.2, 0.25) is 0 Å². The van der Waals surface area contributed by atoms with Gasteiger partial charge in [0.25, 0.3) is 0 Å². The van der Waals surface area contributed by atoms with Crippen molar-refractivity contribution in [3.8, 4) is 0 Å². The van der Waals surface area contributed by atoms with E-state index in [2.05, 4.69) is 18.8 Å². The van der Waals surface area contributed by atoms with Gasteiger partial charge in [0.15, 0.2) is 0 Å². The first kappa shape index (κ1) is 14.2. The van der Waals surface area contributed by atoms with E-state index in [1.165, 1.54) is 6.07 Å². The highest BCUT2D eigenvalue weighted by atomic mass is 16.6. The molecule has 0 spiro atoms. The molecule has 0 aliphatic carbocycles. The molecule has 0 saturated carbocycles. The van der Waals surface area contributed by atoms with E-state index < -0.39 is 16.6 Å². The number of nitro groups is 1. The Kier molecular flexibility index (Phi) is 3.87. The average molecular weight is 279 g/mol. The smallest absolute Gasteiger partial charge is 0.342 e. The molecular formula is C13H17N3O4. The quantitative estimate of drug-likeness (QED) is 0.672. The van der Waals surface area contributed by atoms with Gasteiger partial charge in [0.1, 0.15) is 17.6 Å². The van der Waals surface area contributed by atoms with Crippen LogP contribution in [0, 0.1) is 22.0 Å². The van der Waals surface area contributed by atoms with Gasteiger partial charge in [-0.3, -0.25) is 10.1 Å². The Hall–Kier alpha value is -2.18. The Balaban J connectivity index is 2.36. The predicted octanol–water partition coefficient (Wildman–Crippen LogP) is 2.17. The second-order valence-electron chi connectivity index (χ2n) is 5.47. The highest BCUT2D eigenvalue weighted by Gasteiger charge is 2.26. The van der Waals surface area contributed by atoms with Gasteiger partial charge in [-0.25, -0.2) is 9.78 Å². The number of carboxylic acids is 1. The zero-order valence-electron chi connectivity index (χ0n) is 11.4. The van der Waals surface area contributed by atoms with Crippen molar-refractivity contribution in [2.75, 3.05) is 18.0 Å². The maximum absolute atomic E-state index is 11.1. The van der Waals surface area contributed by atoms with Crippen molar-refractivity contribution >= 4 is 17.5 Å². The summed E-state index contributed by atoms with van der Waals surface area (Å²) in [6, 6.07) is 1.30. The van der Waals surface area contributed by atoms with Crippen LogP contribution in [0.15, 0.2) is 12.3 Å². The maximum atomic E-state index is 11.1. The minimum Gasteiger partial charge on any atom is -0.477 e. The van der Waals surface area contributed by atoms with E-state index in [0.29, 0.717) is 17.7 Å². The van der Waals surface area contributed by atoms with E-state index in [4.69, 9.17) is 5.11 Å². The van der Waals surface area contributed by atoms with Gasteiger partial charge in [-0.2, -0.15) is 0 Å². The lowest BCUT2D eigenvalue weighted by atomic mass is 9.92. The maximum Gasteiger partial charge on any atom is 0.342 e. The number of hydrogen-bond acceptors (Lipinski definition) is 5. The van der Waals surface area contributed by atoms with Gasteiger partial charge in [0, 0.05) is 19.2 Å².